The molecule has 162 valence electrons. The van der Waals surface area contributed by atoms with Gasteiger partial charge in [-0.3, -0.25) is 9.59 Å². The second-order valence-corrected chi connectivity index (χ2v) is 10.7. The van der Waals surface area contributed by atoms with Crippen molar-refractivity contribution in [3.05, 3.63) is 42.2 Å². The number of thioether (sulfide) groups is 2. The van der Waals surface area contributed by atoms with Gasteiger partial charge in [-0.05, 0) is 24.5 Å². The van der Waals surface area contributed by atoms with Gasteiger partial charge in [0.2, 0.25) is 15.9 Å². The molecule has 0 unspecified atom stereocenters. The summed E-state index contributed by atoms with van der Waals surface area (Å²) >= 11 is 3.23. The standard InChI is InChI=1S/C19H24N4O4S3/c1-22(13-18(24)21-15-5-3-4-6-17(15)28-2)19(25)16-11-14(12-20-16)30(26,27)23-7-9-29-10-8-23/h3-6,11-12,20H,7-10,13H2,1-2H3,(H,21,24). The fourth-order valence-electron chi connectivity index (χ4n) is 3.01. The zero-order valence-corrected chi connectivity index (χ0v) is 19.2. The lowest BCUT2D eigenvalue weighted by Gasteiger charge is -2.24. The third-order valence-corrected chi connectivity index (χ3v) is 8.22. The number of hydrogen-bond donors (Lipinski definition) is 2. The molecule has 8 nitrogen and oxygen atoms in total. The number of carbonyl (C=O) groups is 2. The van der Waals surface area contributed by atoms with E-state index in [1.165, 1.54) is 40.3 Å². The molecule has 3 rings (SSSR count). The Hall–Kier alpha value is -1.95. The van der Waals surface area contributed by atoms with E-state index in [2.05, 4.69) is 10.3 Å². The summed E-state index contributed by atoms with van der Waals surface area (Å²) in [6.45, 7) is 0.754. The van der Waals surface area contributed by atoms with Crippen LogP contribution in [0.5, 0.6) is 0 Å². The molecule has 0 saturated carbocycles. The number of para-hydroxylation sites is 1. The number of carbonyl (C=O) groups excluding carboxylic acids is 2. The average molecular weight is 469 g/mol. The van der Waals surface area contributed by atoms with Crippen molar-refractivity contribution in [3.63, 3.8) is 0 Å². The first-order chi connectivity index (χ1) is 14.3. The number of nitrogens with one attached hydrogen (secondary N) is 2. The summed E-state index contributed by atoms with van der Waals surface area (Å²) in [6, 6.07) is 8.74. The highest BCUT2D eigenvalue weighted by Crippen LogP contribution is 2.24. The van der Waals surface area contributed by atoms with Crippen molar-refractivity contribution in [2.75, 3.05) is 49.8 Å². The Morgan fingerprint density at radius 3 is 2.67 bits per heavy atom. The summed E-state index contributed by atoms with van der Waals surface area (Å²) in [5.41, 5.74) is 0.809. The average Bonchev–Trinajstić information content (AvgIpc) is 3.25. The molecular weight excluding hydrogens is 444 g/mol. The minimum absolute atomic E-state index is 0.0597. The van der Waals surface area contributed by atoms with Crippen LogP contribution in [0.1, 0.15) is 10.5 Å². The predicted molar refractivity (Wildman–Crippen MR) is 121 cm³/mol. The van der Waals surface area contributed by atoms with Crippen molar-refractivity contribution < 1.29 is 18.0 Å². The van der Waals surface area contributed by atoms with Gasteiger partial charge in [0.25, 0.3) is 5.91 Å². The van der Waals surface area contributed by atoms with Crippen molar-refractivity contribution in [1.29, 1.82) is 0 Å². The van der Waals surface area contributed by atoms with Gasteiger partial charge in [-0.2, -0.15) is 16.1 Å². The molecule has 1 aliphatic rings. The van der Waals surface area contributed by atoms with Crippen LogP contribution in [0.3, 0.4) is 0 Å². The monoisotopic (exact) mass is 468 g/mol. The number of anilines is 1. The van der Waals surface area contributed by atoms with E-state index in [1.54, 1.807) is 17.8 Å². The van der Waals surface area contributed by atoms with E-state index < -0.39 is 15.9 Å². The topological polar surface area (TPSA) is 103 Å². The molecule has 0 radical (unpaired) electrons. The van der Waals surface area contributed by atoms with Crippen LogP contribution in [0.2, 0.25) is 0 Å². The van der Waals surface area contributed by atoms with Crippen LogP contribution in [0.4, 0.5) is 5.69 Å². The van der Waals surface area contributed by atoms with Gasteiger partial charge >= 0.3 is 0 Å². The van der Waals surface area contributed by atoms with Gasteiger partial charge in [-0.15, -0.1) is 11.8 Å². The number of rotatable bonds is 7. The van der Waals surface area contributed by atoms with E-state index in [0.29, 0.717) is 18.8 Å². The summed E-state index contributed by atoms with van der Waals surface area (Å²) in [5, 5.41) is 2.80. The van der Waals surface area contributed by atoms with Crippen LogP contribution < -0.4 is 5.32 Å². The largest absolute Gasteiger partial charge is 0.356 e. The molecule has 0 aliphatic carbocycles. The van der Waals surface area contributed by atoms with Crippen LogP contribution in [0, 0.1) is 0 Å². The zero-order valence-electron chi connectivity index (χ0n) is 16.8. The number of aromatic amines is 1. The number of hydrogen-bond acceptors (Lipinski definition) is 6. The fourth-order valence-corrected chi connectivity index (χ4v) is 6.14. The maximum atomic E-state index is 12.7. The number of benzene rings is 1. The lowest BCUT2D eigenvalue weighted by molar-refractivity contribution is -0.116. The first-order valence-electron chi connectivity index (χ1n) is 9.27. The Morgan fingerprint density at radius 1 is 1.27 bits per heavy atom. The molecule has 0 spiro atoms. The summed E-state index contributed by atoms with van der Waals surface area (Å²) < 4.78 is 26.9. The summed E-state index contributed by atoms with van der Waals surface area (Å²) in [4.78, 5) is 30.0. The Bertz CT molecular complexity index is 1020. The number of likely N-dealkylation sites (N-methyl/N-ethyl adjacent to an activating group) is 1. The van der Waals surface area contributed by atoms with Gasteiger partial charge in [-0.25, -0.2) is 8.42 Å². The third kappa shape index (κ3) is 5.20. The number of amides is 2. The predicted octanol–water partition coefficient (Wildman–Crippen LogP) is 2.18. The Balaban J connectivity index is 1.64. The molecule has 0 atom stereocenters. The molecule has 2 N–H and O–H groups in total. The highest BCUT2D eigenvalue weighted by atomic mass is 32.2. The lowest BCUT2D eigenvalue weighted by atomic mass is 10.3. The molecule has 11 heteroatoms. The summed E-state index contributed by atoms with van der Waals surface area (Å²) in [7, 11) is -2.14. The molecule has 0 bridgehead atoms. The van der Waals surface area contributed by atoms with E-state index in [1.807, 2.05) is 24.5 Å². The number of nitrogens with zero attached hydrogens (tertiary/aromatic N) is 2. The Morgan fingerprint density at radius 2 is 1.97 bits per heavy atom. The highest BCUT2D eigenvalue weighted by Gasteiger charge is 2.28. The zero-order chi connectivity index (χ0) is 21.7. The van der Waals surface area contributed by atoms with Crippen molar-refractivity contribution in [3.8, 4) is 0 Å². The minimum Gasteiger partial charge on any atom is -0.356 e. The van der Waals surface area contributed by atoms with Crippen molar-refractivity contribution >= 4 is 51.0 Å². The van der Waals surface area contributed by atoms with E-state index in [0.717, 1.165) is 16.4 Å². The molecule has 30 heavy (non-hydrogen) atoms. The second-order valence-electron chi connectivity index (χ2n) is 6.68. The Kier molecular flexibility index (Phi) is 7.50. The first kappa shape index (κ1) is 22.7. The van der Waals surface area contributed by atoms with E-state index in [9.17, 15) is 18.0 Å². The molecule has 2 aromatic rings. The van der Waals surface area contributed by atoms with Gasteiger partial charge < -0.3 is 15.2 Å². The van der Waals surface area contributed by atoms with Crippen molar-refractivity contribution in [1.82, 2.24) is 14.2 Å². The number of aromatic nitrogens is 1. The summed E-state index contributed by atoms with van der Waals surface area (Å²) in [5.74, 6) is 0.719. The quantitative estimate of drug-likeness (QED) is 0.604. The maximum absolute atomic E-state index is 12.7. The molecule has 2 amide bonds. The van der Waals surface area contributed by atoms with E-state index in [4.69, 9.17) is 0 Å². The van der Waals surface area contributed by atoms with E-state index in [-0.39, 0.29) is 23.0 Å². The van der Waals surface area contributed by atoms with Gasteiger partial charge in [0.1, 0.15) is 10.6 Å². The highest BCUT2D eigenvalue weighted by molar-refractivity contribution is 7.99. The molecular formula is C19H24N4O4S3. The van der Waals surface area contributed by atoms with Gasteiger partial charge in [-0.1, -0.05) is 12.1 Å². The fraction of sp³-hybridized carbons (Fsp3) is 0.368. The second kappa shape index (κ2) is 9.90. The van der Waals surface area contributed by atoms with Crippen LogP contribution in [0.15, 0.2) is 46.3 Å². The molecule has 1 aliphatic heterocycles. The molecule has 1 aromatic heterocycles. The molecule has 1 aromatic carbocycles. The summed E-state index contributed by atoms with van der Waals surface area (Å²) in [6.07, 6.45) is 3.24. The molecule has 1 saturated heterocycles. The third-order valence-electron chi connectivity index (χ3n) is 4.60. The number of H-pyrrole nitrogens is 1. The first-order valence-corrected chi connectivity index (χ1v) is 13.1. The van der Waals surface area contributed by atoms with Gasteiger partial charge in [0.15, 0.2) is 0 Å². The molecule has 1 fully saturated rings. The van der Waals surface area contributed by atoms with Crippen LogP contribution in [0.25, 0.3) is 0 Å². The van der Waals surface area contributed by atoms with Crippen LogP contribution >= 0.6 is 23.5 Å². The normalized spacial score (nSPS) is 15.0. The minimum atomic E-state index is -3.64. The Labute approximate surface area is 184 Å². The van der Waals surface area contributed by atoms with E-state index >= 15 is 0 Å². The van der Waals surface area contributed by atoms with Crippen LogP contribution in [-0.4, -0.2) is 78.9 Å². The van der Waals surface area contributed by atoms with Crippen molar-refractivity contribution in [2.24, 2.45) is 0 Å². The SMILES string of the molecule is CSc1ccccc1NC(=O)CN(C)C(=O)c1cc(S(=O)(=O)N2CCSCC2)c[nH]1. The van der Waals surface area contributed by atoms with Crippen LogP contribution in [-0.2, 0) is 14.8 Å². The molecule has 2 heterocycles. The van der Waals surface area contributed by atoms with Crippen molar-refractivity contribution in [2.45, 2.75) is 9.79 Å². The van der Waals surface area contributed by atoms with Gasteiger partial charge in [0, 0.05) is 42.7 Å². The van der Waals surface area contributed by atoms with Gasteiger partial charge in [0.05, 0.1) is 12.2 Å². The maximum Gasteiger partial charge on any atom is 0.270 e. The lowest BCUT2D eigenvalue weighted by Crippen LogP contribution is -2.37. The number of sulfonamides is 1. The smallest absolute Gasteiger partial charge is 0.270 e.